The minimum Gasteiger partial charge on any atom is -0.331 e. The van der Waals surface area contributed by atoms with E-state index in [4.69, 9.17) is 4.98 Å². The number of amides is 2. The van der Waals surface area contributed by atoms with Gasteiger partial charge in [0.1, 0.15) is 5.82 Å². The molecule has 2 atom stereocenters. The maximum atomic E-state index is 13.8. The summed E-state index contributed by atoms with van der Waals surface area (Å²) < 4.78 is 4.71. The Bertz CT molecular complexity index is 1260. The Labute approximate surface area is 195 Å². The van der Waals surface area contributed by atoms with Crippen LogP contribution in [0.5, 0.6) is 0 Å². The Morgan fingerprint density at radius 1 is 1.09 bits per heavy atom. The lowest BCUT2D eigenvalue weighted by molar-refractivity contribution is -0.858. The Kier molecular flexibility index (Phi) is 5.77. The van der Waals surface area contributed by atoms with Crippen LogP contribution >= 0.6 is 0 Å². The van der Waals surface area contributed by atoms with Gasteiger partial charge in [-0.2, -0.15) is 0 Å². The topological polar surface area (TPSA) is 51.9 Å². The highest BCUT2D eigenvalue weighted by Crippen LogP contribution is 2.31. The third-order valence-corrected chi connectivity index (χ3v) is 7.29. The van der Waals surface area contributed by atoms with Gasteiger partial charge < -0.3 is 9.13 Å². The molecule has 0 spiro atoms. The molecule has 0 aliphatic carbocycles. The van der Waals surface area contributed by atoms with Crippen LogP contribution in [-0.4, -0.2) is 43.8 Å². The SMILES string of the molecule is C[C@@H]1CCC[N+]1(CCCc1nc2ccccc2n1C)C(=O)Nc1ccccc1-n1cccc1. The van der Waals surface area contributed by atoms with Crippen molar-refractivity contribution in [2.75, 3.05) is 18.4 Å². The van der Waals surface area contributed by atoms with Gasteiger partial charge >= 0.3 is 6.03 Å². The van der Waals surface area contributed by atoms with E-state index in [0.29, 0.717) is 10.5 Å². The Morgan fingerprint density at radius 3 is 2.61 bits per heavy atom. The number of hydrogen-bond donors (Lipinski definition) is 1. The zero-order valence-corrected chi connectivity index (χ0v) is 19.4. The smallest absolute Gasteiger partial charge is 0.331 e. The predicted octanol–water partition coefficient (Wildman–Crippen LogP) is 5.53. The molecule has 1 unspecified atom stereocenters. The van der Waals surface area contributed by atoms with Crippen LogP contribution in [0.3, 0.4) is 0 Å². The molecule has 1 fully saturated rings. The van der Waals surface area contributed by atoms with Gasteiger partial charge in [0.05, 0.1) is 41.5 Å². The average Bonchev–Trinajstić information content (AvgIpc) is 3.56. The lowest BCUT2D eigenvalue weighted by Crippen LogP contribution is -2.57. The van der Waals surface area contributed by atoms with Crippen LogP contribution in [0, 0.1) is 0 Å². The van der Waals surface area contributed by atoms with Crippen molar-refractivity contribution in [1.29, 1.82) is 0 Å². The van der Waals surface area contributed by atoms with Crippen LogP contribution in [0.1, 0.15) is 32.0 Å². The van der Waals surface area contributed by atoms with Crippen LogP contribution in [0.15, 0.2) is 73.1 Å². The molecule has 1 aliphatic heterocycles. The summed E-state index contributed by atoms with van der Waals surface area (Å²) in [5, 5.41) is 3.29. The van der Waals surface area contributed by atoms with Crippen LogP contribution < -0.4 is 5.32 Å². The number of aromatic nitrogens is 3. The van der Waals surface area contributed by atoms with Gasteiger partial charge in [-0.15, -0.1) is 0 Å². The average molecular weight is 443 g/mol. The fourth-order valence-electron chi connectivity index (χ4n) is 5.34. The molecule has 6 nitrogen and oxygen atoms in total. The number of rotatable bonds is 6. The van der Waals surface area contributed by atoms with Crippen LogP contribution in [0.25, 0.3) is 16.7 Å². The molecule has 2 aromatic carbocycles. The van der Waals surface area contributed by atoms with E-state index in [1.165, 1.54) is 0 Å². The van der Waals surface area contributed by atoms with E-state index < -0.39 is 0 Å². The summed E-state index contributed by atoms with van der Waals surface area (Å²) in [6.45, 7) is 3.93. The highest BCUT2D eigenvalue weighted by Gasteiger charge is 2.45. The van der Waals surface area contributed by atoms with E-state index in [1.54, 1.807) is 0 Å². The first kappa shape index (κ1) is 21.5. The Hall–Kier alpha value is -3.38. The minimum absolute atomic E-state index is 0.101. The van der Waals surface area contributed by atoms with Crippen LogP contribution in [-0.2, 0) is 13.5 Å². The Morgan fingerprint density at radius 2 is 1.85 bits per heavy atom. The number of nitrogens with one attached hydrogen (secondary N) is 1. The maximum Gasteiger partial charge on any atom is 0.421 e. The number of imidazole rings is 1. The molecule has 0 radical (unpaired) electrons. The highest BCUT2D eigenvalue weighted by atomic mass is 16.2. The van der Waals surface area contributed by atoms with Gasteiger partial charge in [-0.25, -0.2) is 14.3 Å². The predicted molar refractivity (Wildman–Crippen MR) is 133 cm³/mol. The molecule has 2 aromatic heterocycles. The van der Waals surface area contributed by atoms with Crippen molar-refractivity contribution in [3.05, 3.63) is 78.9 Å². The van der Waals surface area contributed by atoms with Crippen molar-refractivity contribution in [3.63, 3.8) is 0 Å². The molecule has 1 aliphatic rings. The van der Waals surface area contributed by atoms with Gasteiger partial charge in [-0.3, -0.25) is 5.32 Å². The first-order chi connectivity index (χ1) is 16.1. The number of fused-ring (bicyclic) bond motifs is 1. The van der Waals surface area contributed by atoms with E-state index in [-0.39, 0.29) is 6.03 Å². The van der Waals surface area contributed by atoms with Gasteiger partial charge in [-0.05, 0) is 43.3 Å². The third-order valence-electron chi connectivity index (χ3n) is 7.29. The monoisotopic (exact) mass is 442 g/mol. The van der Waals surface area contributed by atoms with Gasteiger partial charge in [0.2, 0.25) is 0 Å². The van der Waals surface area contributed by atoms with Crippen LogP contribution in [0.2, 0.25) is 0 Å². The first-order valence-corrected chi connectivity index (χ1v) is 11.9. The summed E-state index contributed by atoms with van der Waals surface area (Å²) in [6, 6.07) is 20.7. The number of nitrogens with zero attached hydrogens (tertiary/aromatic N) is 4. The van der Waals surface area contributed by atoms with Crippen molar-refractivity contribution >= 4 is 22.8 Å². The zero-order valence-electron chi connectivity index (χ0n) is 19.4. The number of quaternary nitrogens is 1. The molecule has 1 N–H and O–H groups in total. The number of carbonyl (C=O) groups excluding carboxylic acids is 1. The Balaban J connectivity index is 1.34. The first-order valence-electron chi connectivity index (χ1n) is 11.9. The molecule has 0 bridgehead atoms. The lowest BCUT2D eigenvalue weighted by Gasteiger charge is -2.35. The molecular weight excluding hydrogens is 410 g/mol. The minimum atomic E-state index is 0.101. The number of benzene rings is 2. The molecule has 4 aromatic rings. The fourth-order valence-corrected chi connectivity index (χ4v) is 5.34. The third kappa shape index (κ3) is 3.95. The molecule has 170 valence electrons. The van der Waals surface area contributed by atoms with Gasteiger partial charge in [-0.1, -0.05) is 24.3 Å². The molecule has 1 saturated heterocycles. The number of carbonyl (C=O) groups is 1. The number of para-hydroxylation sites is 4. The van der Waals surface area contributed by atoms with Crippen molar-refractivity contribution in [2.24, 2.45) is 7.05 Å². The largest absolute Gasteiger partial charge is 0.421 e. The number of aryl methyl sites for hydroxylation is 2. The van der Waals surface area contributed by atoms with E-state index in [1.807, 2.05) is 59.4 Å². The molecule has 2 amide bonds. The normalized spacial score (nSPS) is 20.4. The number of likely N-dealkylation sites (tertiary alicyclic amines) is 1. The van der Waals surface area contributed by atoms with Crippen molar-refractivity contribution in [3.8, 4) is 5.69 Å². The number of urea groups is 1. The maximum absolute atomic E-state index is 13.8. The second-order valence-electron chi connectivity index (χ2n) is 9.19. The number of hydrogen-bond acceptors (Lipinski definition) is 2. The second-order valence-corrected chi connectivity index (χ2v) is 9.19. The molecule has 0 saturated carbocycles. The van der Waals surface area contributed by atoms with E-state index >= 15 is 0 Å². The molecule has 33 heavy (non-hydrogen) atoms. The van der Waals surface area contributed by atoms with Crippen molar-refractivity contribution in [1.82, 2.24) is 14.1 Å². The molecular formula is C27H32N5O+. The second kappa shape index (κ2) is 8.87. The lowest BCUT2D eigenvalue weighted by atomic mass is 10.2. The molecule has 5 rings (SSSR count). The van der Waals surface area contributed by atoms with Gasteiger partial charge in [0.25, 0.3) is 0 Å². The summed E-state index contributed by atoms with van der Waals surface area (Å²) in [6.07, 6.45) is 7.97. The van der Waals surface area contributed by atoms with Crippen molar-refractivity contribution < 1.29 is 9.28 Å². The molecule has 3 heterocycles. The zero-order chi connectivity index (χ0) is 22.8. The summed E-state index contributed by atoms with van der Waals surface area (Å²) in [5.74, 6) is 1.08. The summed E-state index contributed by atoms with van der Waals surface area (Å²) in [4.78, 5) is 18.6. The highest BCUT2D eigenvalue weighted by molar-refractivity contribution is 5.87. The van der Waals surface area contributed by atoms with Gasteiger partial charge in [0.15, 0.2) is 0 Å². The summed E-state index contributed by atoms with van der Waals surface area (Å²) in [7, 11) is 2.08. The summed E-state index contributed by atoms with van der Waals surface area (Å²) >= 11 is 0. The van der Waals surface area contributed by atoms with Crippen molar-refractivity contribution in [2.45, 2.75) is 38.6 Å². The summed E-state index contributed by atoms with van der Waals surface area (Å²) in [5.41, 5.74) is 4.03. The van der Waals surface area contributed by atoms with Crippen LogP contribution in [0.4, 0.5) is 10.5 Å². The fraction of sp³-hybridized carbons (Fsp3) is 0.333. The van der Waals surface area contributed by atoms with E-state index in [9.17, 15) is 4.79 Å². The molecule has 6 heteroatoms. The van der Waals surface area contributed by atoms with Gasteiger partial charge in [0, 0.05) is 45.1 Å². The quantitative estimate of drug-likeness (QED) is 0.399. The van der Waals surface area contributed by atoms with E-state index in [2.05, 4.69) is 42.1 Å². The van der Waals surface area contributed by atoms with E-state index in [0.717, 1.165) is 67.0 Å². The standard InChI is InChI=1S/C27H31N5O/c1-21-11-9-19-32(21,20-10-16-26-28-22-12-3-5-14-24(22)30(26)2)27(33)29-23-13-4-6-15-25(23)31-17-7-8-18-31/h3-8,12-15,17-18,21H,9-11,16,19-20H2,1-2H3/p+1/t21-,32?/m1/s1. The number of anilines is 1.